The first-order chi connectivity index (χ1) is 10.8. The van der Waals surface area contributed by atoms with Gasteiger partial charge in [0.2, 0.25) is 11.7 Å². The van der Waals surface area contributed by atoms with E-state index in [9.17, 15) is 43.9 Å². The molecule has 2 unspecified atom stereocenters. The SMILES string of the molecule is OCC(SC(F)(F)C(F)=C(F)F)C(CO)SC(F)(F)C(F)=C(F)F. The van der Waals surface area contributed by atoms with Crippen LogP contribution >= 0.6 is 23.5 Å². The van der Waals surface area contributed by atoms with Gasteiger partial charge in [-0.2, -0.15) is 43.9 Å². The van der Waals surface area contributed by atoms with Crippen LogP contribution in [0.15, 0.2) is 23.8 Å². The molecule has 0 aromatic heterocycles. The summed E-state index contributed by atoms with van der Waals surface area (Å²) in [6.45, 7) is -2.92. The van der Waals surface area contributed by atoms with Crippen molar-refractivity contribution in [3.05, 3.63) is 23.8 Å². The van der Waals surface area contributed by atoms with Crippen LogP contribution in [0.4, 0.5) is 43.9 Å². The normalized spacial score (nSPS) is 15.0. The zero-order valence-corrected chi connectivity index (χ0v) is 12.7. The maximum absolute atomic E-state index is 13.2. The van der Waals surface area contributed by atoms with Crippen LogP contribution in [0.5, 0.6) is 0 Å². The Morgan fingerprint density at radius 2 is 0.917 bits per heavy atom. The van der Waals surface area contributed by atoms with Gasteiger partial charge in [0.05, 0.1) is 13.2 Å². The summed E-state index contributed by atoms with van der Waals surface area (Å²) in [5.41, 5.74) is 0. The molecular formula is C10H8F10O2S2. The average molecular weight is 414 g/mol. The smallest absolute Gasteiger partial charge is 0.350 e. The van der Waals surface area contributed by atoms with E-state index in [2.05, 4.69) is 0 Å². The van der Waals surface area contributed by atoms with E-state index in [1.54, 1.807) is 0 Å². The molecule has 0 heterocycles. The average Bonchev–Trinajstić information content (AvgIpc) is 2.48. The number of rotatable bonds is 9. The molecule has 2 nitrogen and oxygen atoms in total. The van der Waals surface area contributed by atoms with E-state index in [-0.39, 0.29) is 0 Å². The van der Waals surface area contributed by atoms with Crippen molar-refractivity contribution < 1.29 is 54.1 Å². The van der Waals surface area contributed by atoms with E-state index >= 15 is 0 Å². The number of thioether (sulfide) groups is 2. The molecule has 0 rings (SSSR count). The summed E-state index contributed by atoms with van der Waals surface area (Å²) in [7, 11) is 0. The summed E-state index contributed by atoms with van der Waals surface area (Å²) in [5.74, 6) is -6.42. The molecule has 0 bridgehead atoms. The Kier molecular flexibility index (Phi) is 8.97. The van der Waals surface area contributed by atoms with Crippen molar-refractivity contribution in [2.75, 3.05) is 13.2 Å². The lowest BCUT2D eigenvalue weighted by Crippen LogP contribution is -2.35. The van der Waals surface area contributed by atoms with E-state index in [0.717, 1.165) is 0 Å². The number of hydrogen-bond donors (Lipinski definition) is 2. The minimum Gasteiger partial charge on any atom is -0.395 e. The highest BCUT2D eigenvalue weighted by Crippen LogP contribution is 2.48. The van der Waals surface area contributed by atoms with Gasteiger partial charge in [-0.15, -0.1) is 0 Å². The number of halogens is 10. The fourth-order valence-corrected chi connectivity index (χ4v) is 3.24. The van der Waals surface area contributed by atoms with E-state index in [0.29, 0.717) is 0 Å². The molecule has 0 aromatic carbocycles. The van der Waals surface area contributed by atoms with Gasteiger partial charge in [-0.05, 0) is 0 Å². The maximum Gasteiger partial charge on any atom is 0.350 e. The topological polar surface area (TPSA) is 40.5 Å². The first-order valence-corrected chi connectivity index (χ1v) is 7.31. The highest BCUT2D eigenvalue weighted by atomic mass is 32.2. The van der Waals surface area contributed by atoms with Crippen LogP contribution in [-0.2, 0) is 0 Å². The van der Waals surface area contributed by atoms with E-state index in [4.69, 9.17) is 10.2 Å². The van der Waals surface area contributed by atoms with Crippen LogP contribution in [0.2, 0.25) is 0 Å². The molecule has 14 heteroatoms. The molecule has 0 saturated heterocycles. The molecule has 0 fully saturated rings. The lowest BCUT2D eigenvalue weighted by atomic mass is 10.3. The zero-order valence-electron chi connectivity index (χ0n) is 11.1. The molecular weight excluding hydrogens is 406 g/mol. The minimum atomic E-state index is -4.96. The van der Waals surface area contributed by atoms with Crippen molar-refractivity contribution in [2.24, 2.45) is 0 Å². The Labute approximate surface area is 136 Å². The molecule has 0 aliphatic carbocycles. The van der Waals surface area contributed by atoms with Crippen molar-refractivity contribution in [1.29, 1.82) is 0 Å². The van der Waals surface area contributed by atoms with Gasteiger partial charge in [-0.3, -0.25) is 0 Å². The van der Waals surface area contributed by atoms with Gasteiger partial charge in [0.15, 0.2) is 0 Å². The summed E-state index contributed by atoms with van der Waals surface area (Å²) in [6, 6.07) is 0. The minimum absolute atomic E-state index is 1.06. The highest BCUT2D eigenvalue weighted by Gasteiger charge is 2.48. The third-order valence-corrected chi connectivity index (χ3v) is 4.90. The predicted molar refractivity (Wildman–Crippen MR) is 67.5 cm³/mol. The Hall–Kier alpha value is -0.600. The van der Waals surface area contributed by atoms with Crippen molar-refractivity contribution >= 4 is 23.5 Å². The van der Waals surface area contributed by atoms with E-state index < -0.39 is 81.6 Å². The van der Waals surface area contributed by atoms with Gasteiger partial charge >= 0.3 is 22.7 Å². The molecule has 142 valence electrons. The molecule has 0 aliphatic rings. The van der Waals surface area contributed by atoms with Gasteiger partial charge in [0.1, 0.15) is 0 Å². The molecule has 2 N–H and O–H groups in total. The first-order valence-electron chi connectivity index (χ1n) is 5.55. The Morgan fingerprint density at radius 1 is 0.667 bits per heavy atom. The van der Waals surface area contributed by atoms with Crippen molar-refractivity contribution in [3.63, 3.8) is 0 Å². The van der Waals surface area contributed by atoms with Crippen LogP contribution in [0.3, 0.4) is 0 Å². The molecule has 24 heavy (non-hydrogen) atoms. The summed E-state index contributed by atoms with van der Waals surface area (Å²) in [6.07, 6.45) is -6.81. The van der Waals surface area contributed by atoms with Crippen LogP contribution in [0.25, 0.3) is 0 Å². The van der Waals surface area contributed by atoms with Crippen molar-refractivity contribution in [3.8, 4) is 0 Å². The van der Waals surface area contributed by atoms with Gasteiger partial charge < -0.3 is 10.2 Å². The Morgan fingerprint density at radius 3 is 1.08 bits per heavy atom. The molecule has 0 aliphatic heterocycles. The second kappa shape index (κ2) is 9.20. The van der Waals surface area contributed by atoms with Crippen molar-refractivity contribution in [1.82, 2.24) is 0 Å². The number of hydrogen-bond acceptors (Lipinski definition) is 4. The Balaban J connectivity index is 5.41. The van der Waals surface area contributed by atoms with Gasteiger partial charge in [-0.1, -0.05) is 23.5 Å². The summed E-state index contributed by atoms with van der Waals surface area (Å²) < 4.78 is 125. The Bertz CT molecular complexity index is 444. The maximum atomic E-state index is 13.2. The van der Waals surface area contributed by atoms with Crippen LogP contribution in [0, 0.1) is 0 Å². The number of aliphatic hydroxyl groups excluding tert-OH is 2. The second-order valence-corrected chi connectivity index (χ2v) is 6.57. The third kappa shape index (κ3) is 6.37. The van der Waals surface area contributed by atoms with Crippen LogP contribution in [0.1, 0.15) is 0 Å². The first kappa shape index (κ1) is 23.4. The predicted octanol–water partition coefficient (Wildman–Crippen LogP) is 4.52. The highest BCUT2D eigenvalue weighted by molar-refractivity contribution is 8.05. The van der Waals surface area contributed by atoms with Gasteiger partial charge in [0.25, 0.3) is 0 Å². The molecule has 0 radical (unpaired) electrons. The van der Waals surface area contributed by atoms with Crippen LogP contribution in [-0.4, -0.2) is 44.4 Å². The largest absolute Gasteiger partial charge is 0.395 e. The van der Waals surface area contributed by atoms with E-state index in [1.807, 2.05) is 0 Å². The summed E-state index contributed by atoms with van der Waals surface area (Å²) in [5, 5.41) is 3.34. The van der Waals surface area contributed by atoms with Crippen LogP contribution < -0.4 is 0 Å². The number of alkyl halides is 4. The van der Waals surface area contributed by atoms with E-state index in [1.165, 1.54) is 0 Å². The second-order valence-electron chi connectivity index (χ2n) is 3.86. The summed E-state index contributed by atoms with van der Waals surface area (Å²) >= 11 is -2.12. The standard InChI is InChI=1S/C10H8F10O2S2/c11-5(7(13)14)9(17,18)23-3(1-21)4(2-22)24-10(19,20)6(12)8(15)16/h3-4,21-22H,1-2H2. The molecule has 0 saturated carbocycles. The quantitative estimate of drug-likeness (QED) is 0.545. The lowest BCUT2D eigenvalue weighted by Gasteiger charge is -2.28. The molecule has 2 atom stereocenters. The number of aliphatic hydroxyl groups is 2. The third-order valence-electron chi connectivity index (χ3n) is 2.22. The fraction of sp³-hybridized carbons (Fsp3) is 0.600. The van der Waals surface area contributed by atoms with Gasteiger partial charge in [0, 0.05) is 10.5 Å². The molecule has 0 spiro atoms. The monoisotopic (exact) mass is 414 g/mol. The summed E-state index contributed by atoms with van der Waals surface area (Å²) in [4.78, 5) is 0. The van der Waals surface area contributed by atoms with Gasteiger partial charge in [-0.25, -0.2) is 0 Å². The fourth-order valence-electron chi connectivity index (χ4n) is 1.17. The molecule has 0 amide bonds. The molecule has 0 aromatic rings. The lowest BCUT2D eigenvalue weighted by molar-refractivity contribution is 0.102. The zero-order chi connectivity index (χ0) is 19.3. The van der Waals surface area contributed by atoms with Crippen molar-refractivity contribution in [2.45, 2.75) is 21.0 Å².